The zero-order valence-electron chi connectivity index (χ0n) is 4.70. The topological polar surface area (TPSA) is 66.4 Å². The molecule has 0 aliphatic heterocycles. The molecule has 0 fully saturated rings. The van der Waals surface area contributed by atoms with Gasteiger partial charge in [-0.2, -0.15) is 0 Å². The van der Waals surface area contributed by atoms with Crippen LogP contribution in [-0.2, 0) is 9.59 Å². The summed E-state index contributed by atoms with van der Waals surface area (Å²) in [6.07, 6.45) is 1.46. The van der Waals surface area contributed by atoms with Gasteiger partial charge in [0.2, 0.25) is 6.41 Å². The standard InChI is InChI=1S/C5H7NO3/c1-2-4(5(8)9)6-3-7/h2-4H,1H2,(H,6,7)(H,8,9). The predicted molar refractivity (Wildman–Crippen MR) is 30.8 cm³/mol. The molecule has 50 valence electrons. The lowest BCUT2D eigenvalue weighted by Gasteiger charge is -2.02. The lowest BCUT2D eigenvalue weighted by atomic mass is 10.3. The Balaban J connectivity index is 3.81. The van der Waals surface area contributed by atoms with E-state index in [2.05, 4.69) is 6.58 Å². The van der Waals surface area contributed by atoms with Gasteiger partial charge in [-0.05, 0) is 0 Å². The second-order valence-electron chi connectivity index (χ2n) is 1.34. The van der Waals surface area contributed by atoms with E-state index in [1.807, 2.05) is 5.32 Å². The van der Waals surface area contributed by atoms with Gasteiger partial charge >= 0.3 is 5.97 Å². The van der Waals surface area contributed by atoms with Gasteiger partial charge in [-0.15, -0.1) is 6.58 Å². The summed E-state index contributed by atoms with van der Waals surface area (Å²) in [5.74, 6) is -1.11. The van der Waals surface area contributed by atoms with Crippen molar-refractivity contribution in [1.29, 1.82) is 0 Å². The largest absolute Gasteiger partial charge is 0.479 e. The number of amides is 1. The van der Waals surface area contributed by atoms with Crippen molar-refractivity contribution in [3.8, 4) is 0 Å². The van der Waals surface area contributed by atoms with E-state index in [9.17, 15) is 9.59 Å². The minimum atomic E-state index is -1.11. The number of carbonyl (C=O) groups excluding carboxylic acids is 1. The predicted octanol–water partition coefficient (Wildman–Crippen LogP) is -0.628. The third kappa shape index (κ3) is 2.48. The van der Waals surface area contributed by atoms with E-state index >= 15 is 0 Å². The van der Waals surface area contributed by atoms with Crippen molar-refractivity contribution in [2.24, 2.45) is 0 Å². The second kappa shape index (κ2) is 3.65. The number of carbonyl (C=O) groups is 2. The molecule has 0 bridgehead atoms. The first-order valence-electron chi connectivity index (χ1n) is 2.27. The highest BCUT2D eigenvalue weighted by atomic mass is 16.4. The highest BCUT2D eigenvalue weighted by Gasteiger charge is 2.09. The monoisotopic (exact) mass is 129 g/mol. The average molecular weight is 129 g/mol. The third-order valence-electron chi connectivity index (χ3n) is 0.749. The number of nitrogens with one attached hydrogen (secondary N) is 1. The molecule has 1 amide bonds. The van der Waals surface area contributed by atoms with Gasteiger partial charge in [-0.1, -0.05) is 6.08 Å². The van der Waals surface area contributed by atoms with Gasteiger partial charge in [0.05, 0.1) is 0 Å². The lowest BCUT2D eigenvalue weighted by molar-refractivity contribution is -0.139. The fraction of sp³-hybridized carbons (Fsp3) is 0.200. The Morgan fingerprint density at radius 1 is 1.78 bits per heavy atom. The molecule has 0 aliphatic rings. The van der Waals surface area contributed by atoms with Crippen LogP contribution in [0.2, 0.25) is 0 Å². The van der Waals surface area contributed by atoms with Gasteiger partial charge < -0.3 is 10.4 Å². The van der Waals surface area contributed by atoms with Crippen LogP contribution in [0.15, 0.2) is 12.7 Å². The van der Waals surface area contributed by atoms with E-state index in [-0.39, 0.29) is 0 Å². The van der Waals surface area contributed by atoms with Crippen molar-refractivity contribution in [2.75, 3.05) is 0 Å². The molecule has 0 aliphatic carbocycles. The van der Waals surface area contributed by atoms with E-state index in [1.54, 1.807) is 0 Å². The van der Waals surface area contributed by atoms with Gasteiger partial charge in [0.25, 0.3) is 0 Å². The van der Waals surface area contributed by atoms with E-state index in [0.29, 0.717) is 6.41 Å². The van der Waals surface area contributed by atoms with Crippen molar-refractivity contribution in [3.63, 3.8) is 0 Å². The third-order valence-corrected chi connectivity index (χ3v) is 0.749. The first kappa shape index (κ1) is 7.68. The van der Waals surface area contributed by atoms with E-state index in [0.717, 1.165) is 6.08 Å². The molecule has 0 aromatic heterocycles. The first-order chi connectivity index (χ1) is 4.22. The molecule has 0 spiro atoms. The summed E-state index contributed by atoms with van der Waals surface area (Å²) >= 11 is 0. The van der Waals surface area contributed by atoms with Gasteiger partial charge in [0.15, 0.2) is 0 Å². The summed E-state index contributed by atoms with van der Waals surface area (Å²) in [4.78, 5) is 19.7. The van der Waals surface area contributed by atoms with Gasteiger partial charge in [-0.3, -0.25) is 4.79 Å². The fourth-order valence-electron chi connectivity index (χ4n) is 0.313. The smallest absolute Gasteiger partial charge is 0.330 e. The summed E-state index contributed by atoms with van der Waals surface area (Å²) in [7, 11) is 0. The van der Waals surface area contributed by atoms with Gasteiger partial charge in [0.1, 0.15) is 6.04 Å². The number of carboxylic acids is 1. The van der Waals surface area contributed by atoms with E-state index in [1.165, 1.54) is 0 Å². The van der Waals surface area contributed by atoms with Crippen LogP contribution >= 0.6 is 0 Å². The van der Waals surface area contributed by atoms with Crippen LogP contribution in [0.1, 0.15) is 0 Å². The fourth-order valence-corrected chi connectivity index (χ4v) is 0.313. The summed E-state index contributed by atoms with van der Waals surface area (Å²) in [6.45, 7) is 3.20. The summed E-state index contributed by atoms with van der Waals surface area (Å²) in [6, 6.07) is -0.970. The number of hydrogen-bond donors (Lipinski definition) is 2. The lowest BCUT2D eigenvalue weighted by Crippen LogP contribution is -2.33. The maximum absolute atomic E-state index is 10.0. The molecule has 1 unspecified atom stereocenters. The Hall–Kier alpha value is -1.32. The number of aliphatic carboxylic acids is 1. The van der Waals surface area contributed by atoms with Crippen molar-refractivity contribution in [1.82, 2.24) is 5.32 Å². The van der Waals surface area contributed by atoms with Crippen LogP contribution in [0.3, 0.4) is 0 Å². The molecule has 0 radical (unpaired) electrons. The summed E-state index contributed by atoms with van der Waals surface area (Å²) in [5, 5.41) is 10.2. The van der Waals surface area contributed by atoms with E-state index in [4.69, 9.17) is 5.11 Å². The van der Waals surface area contributed by atoms with Gasteiger partial charge in [0, 0.05) is 0 Å². The van der Waals surface area contributed by atoms with Crippen molar-refractivity contribution in [2.45, 2.75) is 6.04 Å². The highest BCUT2D eigenvalue weighted by Crippen LogP contribution is 1.80. The van der Waals surface area contributed by atoms with Crippen molar-refractivity contribution in [3.05, 3.63) is 12.7 Å². The zero-order valence-corrected chi connectivity index (χ0v) is 4.70. The van der Waals surface area contributed by atoms with Crippen LogP contribution in [0.25, 0.3) is 0 Å². The Morgan fingerprint density at radius 2 is 2.33 bits per heavy atom. The van der Waals surface area contributed by atoms with Crippen LogP contribution in [0, 0.1) is 0 Å². The Kier molecular flexibility index (Phi) is 3.12. The molecule has 0 saturated heterocycles. The highest BCUT2D eigenvalue weighted by molar-refractivity contribution is 5.78. The maximum Gasteiger partial charge on any atom is 0.330 e. The van der Waals surface area contributed by atoms with Crippen molar-refractivity contribution >= 4 is 12.4 Å². The Morgan fingerprint density at radius 3 is 2.44 bits per heavy atom. The second-order valence-corrected chi connectivity index (χ2v) is 1.34. The number of hydrogen-bond acceptors (Lipinski definition) is 2. The SMILES string of the molecule is C=CC(NC=O)C(=O)O. The Labute approximate surface area is 52.2 Å². The molecular formula is C5H7NO3. The summed E-state index contributed by atoms with van der Waals surface area (Å²) in [5.41, 5.74) is 0. The van der Waals surface area contributed by atoms with Crippen LogP contribution < -0.4 is 5.32 Å². The normalized spacial score (nSPS) is 11.6. The van der Waals surface area contributed by atoms with Crippen molar-refractivity contribution < 1.29 is 14.7 Å². The van der Waals surface area contributed by atoms with Gasteiger partial charge in [-0.25, -0.2) is 4.79 Å². The molecule has 0 rings (SSSR count). The molecule has 9 heavy (non-hydrogen) atoms. The minimum absolute atomic E-state index is 0.320. The molecule has 0 saturated carbocycles. The molecular weight excluding hydrogens is 122 g/mol. The van der Waals surface area contributed by atoms with Crippen LogP contribution in [0.5, 0.6) is 0 Å². The minimum Gasteiger partial charge on any atom is -0.479 e. The molecule has 4 heteroatoms. The van der Waals surface area contributed by atoms with E-state index < -0.39 is 12.0 Å². The molecule has 1 atom stereocenters. The number of carboxylic acid groups (broad SMARTS) is 1. The van der Waals surface area contributed by atoms with Crippen LogP contribution in [0.4, 0.5) is 0 Å². The molecule has 0 aromatic carbocycles. The first-order valence-corrected chi connectivity index (χ1v) is 2.27. The Bertz CT molecular complexity index is 132. The summed E-state index contributed by atoms with van der Waals surface area (Å²) < 4.78 is 0. The maximum atomic E-state index is 10.0. The quantitative estimate of drug-likeness (QED) is 0.392. The molecule has 4 nitrogen and oxygen atoms in total. The number of rotatable bonds is 4. The van der Waals surface area contributed by atoms with Crippen LogP contribution in [-0.4, -0.2) is 23.5 Å². The molecule has 2 N–H and O–H groups in total. The average Bonchev–Trinajstić information content (AvgIpc) is 1.82. The molecule has 0 aromatic rings. The zero-order chi connectivity index (χ0) is 7.28. The molecule has 0 heterocycles.